The fourth-order valence-corrected chi connectivity index (χ4v) is 2.24. The number of ether oxygens (including phenoxy) is 1. The molecule has 0 bridgehead atoms. The summed E-state index contributed by atoms with van der Waals surface area (Å²) in [6.45, 7) is 3.73. The van der Waals surface area contributed by atoms with Crippen molar-refractivity contribution < 1.29 is 19.1 Å². The fraction of sp³-hybridized carbons (Fsp3) is 0.400. The van der Waals surface area contributed by atoms with Crippen LogP contribution in [0.3, 0.4) is 0 Å². The maximum absolute atomic E-state index is 12.4. The van der Waals surface area contributed by atoms with Crippen LogP contribution >= 0.6 is 0 Å². The molecule has 1 aromatic rings. The lowest BCUT2D eigenvalue weighted by molar-refractivity contribution is -0.119. The van der Waals surface area contributed by atoms with Gasteiger partial charge in [0.05, 0.1) is 5.69 Å². The Morgan fingerprint density at radius 2 is 2.17 bits per heavy atom. The molecule has 0 saturated heterocycles. The molecule has 1 aliphatic heterocycles. The van der Waals surface area contributed by atoms with Crippen molar-refractivity contribution in [1.29, 1.82) is 0 Å². The van der Waals surface area contributed by atoms with Crippen LogP contribution in [0.25, 0.3) is 0 Å². The summed E-state index contributed by atoms with van der Waals surface area (Å²) in [5, 5.41) is 7.83. The number of amides is 4. The van der Waals surface area contributed by atoms with Crippen LogP contribution in [0.5, 0.6) is 5.75 Å². The van der Waals surface area contributed by atoms with Gasteiger partial charge in [0.1, 0.15) is 11.8 Å². The Labute approximate surface area is 133 Å². The Morgan fingerprint density at radius 1 is 1.43 bits per heavy atom. The molecular formula is C15H20N4O4. The summed E-state index contributed by atoms with van der Waals surface area (Å²) in [5.41, 5.74) is 6.10. The van der Waals surface area contributed by atoms with E-state index in [1.54, 1.807) is 18.2 Å². The zero-order valence-corrected chi connectivity index (χ0v) is 13.0. The summed E-state index contributed by atoms with van der Waals surface area (Å²) in [6, 6.07) is 3.43. The molecule has 0 radical (unpaired) electrons. The summed E-state index contributed by atoms with van der Waals surface area (Å²) >= 11 is 0. The monoisotopic (exact) mass is 320 g/mol. The second-order valence-electron chi connectivity index (χ2n) is 5.41. The van der Waals surface area contributed by atoms with Crippen LogP contribution < -0.4 is 26.4 Å². The second-order valence-corrected chi connectivity index (χ2v) is 5.41. The number of nitrogens with one attached hydrogen (secondary N) is 3. The maximum atomic E-state index is 12.4. The molecule has 2 atom stereocenters. The van der Waals surface area contributed by atoms with E-state index < -0.39 is 12.1 Å². The van der Waals surface area contributed by atoms with Gasteiger partial charge in [-0.1, -0.05) is 20.3 Å². The minimum Gasteiger partial charge on any atom is -0.482 e. The van der Waals surface area contributed by atoms with Crippen LogP contribution in [0.15, 0.2) is 18.2 Å². The molecule has 1 aromatic carbocycles. The quantitative estimate of drug-likeness (QED) is 0.647. The number of benzene rings is 1. The number of hydrogen-bond donors (Lipinski definition) is 4. The summed E-state index contributed by atoms with van der Waals surface area (Å²) in [4.78, 5) is 34.8. The number of primary amides is 1. The van der Waals surface area contributed by atoms with E-state index in [1.807, 2.05) is 13.8 Å². The van der Waals surface area contributed by atoms with Crippen molar-refractivity contribution in [2.45, 2.75) is 26.3 Å². The molecule has 0 spiro atoms. The van der Waals surface area contributed by atoms with Gasteiger partial charge < -0.3 is 26.4 Å². The summed E-state index contributed by atoms with van der Waals surface area (Å²) in [6.07, 6.45) is 0.701. The second kappa shape index (κ2) is 6.99. The number of rotatable bonds is 5. The van der Waals surface area contributed by atoms with E-state index in [1.165, 1.54) is 0 Å². The number of carbonyl (C=O) groups is 3. The minimum absolute atomic E-state index is 0.0304. The summed E-state index contributed by atoms with van der Waals surface area (Å²) in [7, 11) is 0. The normalized spacial score (nSPS) is 15.5. The molecular weight excluding hydrogens is 300 g/mol. The van der Waals surface area contributed by atoms with E-state index in [2.05, 4.69) is 16.0 Å². The highest BCUT2D eigenvalue weighted by atomic mass is 16.5. The van der Waals surface area contributed by atoms with Crippen molar-refractivity contribution in [3.63, 3.8) is 0 Å². The third-order valence-corrected chi connectivity index (χ3v) is 3.67. The Morgan fingerprint density at radius 3 is 2.83 bits per heavy atom. The first-order chi connectivity index (χ1) is 10.9. The van der Waals surface area contributed by atoms with E-state index in [9.17, 15) is 14.4 Å². The van der Waals surface area contributed by atoms with Crippen LogP contribution in [0.2, 0.25) is 0 Å². The van der Waals surface area contributed by atoms with Gasteiger partial charge in [0, 0.05) is 5.69 Å². The molecule has 8 heteroatoms. The molecule has 4 amide bonds. The predicted molar refractivity (Wildman–Crippen MR) is 85.2 cm³/mol. The lowest BCUT2D eigenvalue weighted by Gasteiger charge is -2.23. The highest BCUT2D eigenvalue weighted by molar-refractivity contribution is 5.99. The van der Waals surface area contributed by atoms with Gasteiger partial charge in [0.25, 0.3) is 5.91 Å². The zero-order chi connectivity index (χ0) is 17.0. The average Bonchev–Trinajstić information content (AvgIpc) is 2.51. The number of fused-ring (bicyclic) bond motifs is 1. The molecule has 5 N–H and O–H groups in total. The van der Waals surface area contributed by atoms with Crippen molar-refractivity contribution in [3.8, 4) is 5.75 Å². The number of carbonyl (C=O) groups excluding carboxylic acids is 3. The van der Waals surface area contributed by atoms with E-state index in [0.717, 1.165) is 0 Å². The Hall–Kier alpha value is -2.77. The molecule has 8 nitrogen and oxygen atoms in total. The molecule has 124 valence electrons. The molecule has 2 rings (SSSR count). The molecule has 2 unspecified atom stereocenters. The number of hydrogen-bond acceptors (Lipinski definition) is 4. The van der Waals surface area contributed by atoms with Gasteiger partial charge in [-0.05, 0) is 24.1 Å². The minimum atomic E-state index is -0.753. The van der Waals surface area contributed by atoms with Crippen molar-refractivity contribution in [1.82, 2.24) is 5.32 Å². The first kappa shape index (κ1) is 16.6. The molecule has 1 aliphatic rings. The Balaban J connectivity index is 2.13. The van der Waals surface area contributed by atoms with Crippen LogP contribution in [0, 0.1) is 5.92 Å². The Bertz CT molecular complexity index is 632. The van der Waals surface area contributed by atoms with E-state index in [-0.39, 0.29) is 24.3 Å². The van der Waals surface area contributed by atoms with Gasteiger partial charge in [0.2, 0.25) is 5.91 Å². The Kier molecular flexibility index (Phi) is 5.05. The van der Waals surface area contributed by atoms with Crippen molar-refractivity contribution in [2.24, 2.45) is 11.7 Å². The van der Waals surface area contributed by atoms with Gasteiger partial charge in [-0.15, -0.1) is 0 Å². The molecule has 0 saturated carbocycles. The highest BCUT2D eigenvalue weighted by Crippen LogP contribution is 2.30. The largest absolute Gasteiger partial charge is 0.482 e. The number of anilines is 2. The standard InChI is InChI=1S/C15H20N4O4/c1-3-8(2)13(19-15(16)22)14(21)17-9-4-5-11-10(6-9)18-12(20)7-23-11/h4-6,8,13H,3,7H2,1-2H3,(H,17,21)(H,18,20)(H3,16,19,22). The number of nitrogens with two attached hydrogens (primary N) is 1. The van der Waals surface area contributed by atoms with E-state index >= 15 is 0 Å². The van der Waals surface area contributed by atoms with Crippen LogP contribution in [0.1, 0.15) is 20.3 Å². The maximum Gasteiger partial charge on any atom is 0.312 e. The van der Waals surface area contributed by atoms with E-state index in [0.29, 0.717) is 23.5 Å². The van der Waals surface area contributed by atoms with Gasteiger partial charge in [-0.2, -0.15) is 0 Å². The number of urea groups is 1. The van der Waals surface area contributed by atoms with Crippen LogP contribution in [-0.2, 0) is 9.59 Å². The third kappa shape index (κ3) is 4.12. The van der Waals surface area contributed by atoms with Crippen molar-refractivity contribution in [3.05, 3.63) is 18.2 Å². The lowest BCUT2D eigenvalue weighted by atomic mass is 9.98. The smallest absolute Gasteiger partial charge is 0.312 e. The zero-order valence-electron chi connectivity index (χ0n) is 13.0. The molecule has 23 heavy (non-hydrogen) atoms. The first-order valence-corrected chi connectivity index (χ1v) is 7.34. The predicted octanol–water partition coefficient (Wildman–Crippen LogP) is 1.04. The van der Waals surface area contributed by atoms with E-state index in [4.69, 9.17) is 10.5 Å². The van der Waals surface area contributed by atoms with Crippen molar-refractivity contribution in [2.75, 3.05) is 17.2 Å². The van der Waals surface area contributed by atoms with Gasteiger partial charge in [0.15, 0.2) is 6.61 Å². The topological polar surface area (TPSA) is 123 Å². The van der Waals surface area contributed by atoms with Crippen LogP contribution in [-0.4, -0.2) is 30.5 Å². The van der Waals surface area contributed by atoms with Crippen LogP contribution in [0.4, 0.5) is 16.2 Å². The SMILES string of the molecule is CCC(C)C(NC(N)=O)C(=O)Nc1ccc2c(c1)NC(=O)CO2. The highest BCUT2D eigenvalue weighted by Gasteiger charge is 2.25. The molecule has 0 aromatic heterocycles. The third-order valence-electron chi connectivity index (χ3n) is 3.67. The van der Waals surface area contributed by atoms with Gasteiger partial charge in [-0.25, -0.2) is 4.79 Å². The molecule has 0 fully saturated rings. The fourth-order valence-electron chi connectivity index (χ4n) is 2.24. The lowest BCUT2D eigenvalue weighted by Crippen LogP contribution is -2.49. The van der Waals surface area contributed by atoms with Crippen molar-refractivity contribution >= 4 is 29.2 Å². The summed E-state index contributed by atoms with van der Waals surface area (Å²) < 4.78 is 5.25. The summed E-state index contributed by atoms with van der Waals surface area (Å²) in [5.74, 6) is -0.172. The molecule has 1 heterocycles. The average molecular weight is 320 g/mol. The van der Waals surface area contributed by atoms with Gasteiger partial charge >= 0.3 is 6.03 Å². The molecule has 0 aliphatic carbocycles. The van der Waals surface area contributed by atoms with Gasteiger partial charge in [-0.3, -0.25) is 9.59 Å². The first-order valence-electron chi connectivity index (χ1n) is 7.34.